The Labute approximate surface area is 165 Å². The van der Waals surface area contributed by atoms with Crippen molar-refractivity contribution in [2.75, 3.05) is 4.90 Å². The SMILES string of the molecule is O=C1c2cccc3cccc(c23)C(=O)N1c1ccc2c(C(F)(F)F)cc(=O)oc2c1. The van der Waals surface area contributed by atoms with Crippen molar-refractivity contribution < 1.29 is 27.2 Å². The molecule has 0 saturated carbocycles. The second-order valence-corrected chi connectivity index (χ2v) is 6.81. The summed E-state index contributed by atoms with van der Waals surface area (Å²) in [5, 5.41) is 0.911. The van der Waals surface area contributed by atoms with Gasteiger partial charge in [0.25, 0.3) is 11.8 Å². The van der Waals surface area contributed by atoms with Crippen molar-refractivity contribution >= 4 is 39.2 Å². The van der Waals surface area contributed by atoms with Gasteiger partial charge in [-0.15, -0.1) is 0 Å². The number of imide groups is 1. The molecule has 5 rings (SSSR count). The van der Waals surface area contributed by atoms with E-state index in [2.05, 4.69) is 0 Å². The van der Waals surface area contributed by atoms with Crippen LogP contribution < -0.4 is 10.5 Å². The topological polar surface area (TPSA) is 67.6 Å². The molecule has 2 amide bonds. The first-order valence-electron chi connectivity index (χ1n) is 8.81. The molecule has 5 nitrogen and oxygen atoms in total. The summed E-state index contributed by atoms with van der Waals surface area (Å²) in [5.74, 6) is -1.23. The molecule has 2 heterocycles. The van der Waals surface area contributed by atoms with Gasteiger partial charge in [0.2, 0.25) is 0 Å². The molecule has 0 spiro atoms. The summed E-state index contributed by atoms with van der Waals surface area (Å²) in [5.41, 5.74) is -2.09. The molecule has 0 fully saturated rings. The number of benzene rings is 3. The highest BCUT2D eigenvalue weighted by Crippen LogP contribution is 2.37. The summed E-state index contributed by atoms with van der Waals surface area (Å²) < 4.78 is 44.7. The van der Waals surface area contributed by atoms with Gasteiger partial charge in [-0.1, -0.05) is 24.3 Å². The Balaban J connectivity index is 1.72. The smallest absolute Gasteiger partial charge is 0.417 e. The van der Waals surface area contributed by atoms with Crippen LogP contribution >= 0.6 is 0 Å². The number of carbonyl (C=O) groups excluding carboxylic acids is 2. The van der Waals surface area contributed by atoms with Crippen LogP contribution in [0, 0.1) is 0 Å². The molecule has 3 aromatic carbocycles. The Morgan fingerprint density at radius 1 is 0.800 bits per heavy atom. The highest BCUT2D eigenvalue weighted by Gasteiger charge is 2.36. The Bertz CT molecular complexity index is 1400. The minimum Gasteiger partial charge on any atom is -0.423 e. The van der Waals surface area contributed by atoms with Gasteiger partial charge in [0.15, 0.2) is 0 Å². The lowest BCUT2D eigenvalue weighted by Crippen LogP contribution is -2.40. The number of hydrogen-bond donors (Lipinski definition) is 0. The Morgan fingerprint density at radius 3 is 2.03 bits per heavy atom. The predicted molar refractivity (Wildman–Crippen MR) is 103 cm³/mol. The molecule has 0 atom stereocenters. The number of amides is 2. The zero-order valence-electron chi connectivity index (χ0n) is 15.0. The molecule has 0 bridgehead atoms. The van der Waals surface area contributed by atoms with Crippen LogP contribution in [0.4, 0.5) is 18.9 Å². The first-order chi connectivity index (χ1) is 14.3. The normalized spacial score (nSPS) is 14.0. The summed E-state index contributed by atoms with van der Waals surface area (Å²) in [6.45, 7) is 0. The maximum Gasteiger partial charge on any atom is 0.417 e. The van der Waals surface area contributed by atoms with E-state index in [1.165, 1.54) is 6.07 Å². The van der Waals surface area contributed by atoms with Crippen molar-refractivity contribution in [3.05, 3.63) is 87.8 Å². The van der Waals surface area contributed by atoms with E-state index in [1.807, 2.05) is 0 Å². The van der Waals surface area contributed by atoms with E-state index >= 15 is 0 Å². The number of rotatable bonds is 1. The number of fused-ring (bicyclic) bond motifs is 1. The molecule has 0 N–H and O–H groups in total. The monoisotopic (exact) mass is 409 g/mol. The summed E-state index contributed by atoms with van der Waals surface area (Å²) >= 11 is 0. The molecular formula is C22H10F3NO4. The molecule has 148 valence electrons. The fraction of sp³-hybridized carbons (Fsp3) is 0.0455. The van der Waals surface area contributed by atoms with Gasteiger partial charge >= 0.3 is 11.8 Å². The molecule has 30 heavy (non-hydrogen) atoms. The van der Waals surface area contributed by atoms with Gasteiger partial charge in [-0.05, 0) is 29.7 Å². The summed E-state index contributed by atoms with van der Waals surface area (Å²) in [4.78, 5) is 38.7. The van der Waals surface area contributed by atoms with E-state index in [-0.39, 0.29) is 16.7 Å². The molecule has 1 aliphatic rings. The highest BCUT2D eigenvalue weighted by atomic mass is 19.4. The van der Waals surface area contributed by atoms with Gasteiger partial charge < -0.3 is 4.42 Å². The van der Waals surface area contributed by atoms with Crippen molar-refractivity contribution in [2.45, 2.75) is 6.18 Å². The summed E-state index contributed by atoms with van der Waals surface area (Å²) in [7, 11) is 0. The Hall–Kier alpha value is -3.94. The van der Waals surface area contributed by atoms with Crippen LogP contribution in [0.1, 0.15) is 26.3 Å². The van der Waals surface area contributed by atoms with Crippen LogP contribution in [0.25, 0.3) is 21.7 Å². The number of nitrogens with zero attached hydrogens (tertiary/aromatic N) is 1. The molecule has 0 unspecified atom stereocenters. The lowest BCUT2D eigenvalue weighted by Gasteiger charge is -2.27. The summed E-state index contributed by atoms with van der Waals surface area (Å²) in [6.07, 6.45) is -4.76. The maximum atomic E-state index is 13.3. The van der Waals surface area contributed by atoms with Gasteiger partial charge in [-0.3, -0.25) is 9.59 Å². The highest BCUT2D eigenvalue weighted by molar-refractivity contribution is 6.35. The fourth-order valence-electron chi connectivity index (χ4n) is 3.79. The van der Waals surface area contributed by atoms with E-state index in [9.17, 15) is 27.6 Å². The minimum atomic E-state index is -4.76. The fourth-order valence-corrected chi connectivity index (χ4v) is 3.79. The third-order valence-electron chi connectivity index (χ3n) is 5.06. The van der Waals surface area contributed by atoms with Gasteiger partial charge in [-0.25, -0.2) is 9.69 Å². The van der Waals surface area contributed by atoms with Crippen molar-refractivity contribution in [1.29, 1.82) is 0 Å². The standard InChI is InChI=1S/C22H10F3NO4/c23-22(24,25)16-10-18(27)30-17-9-12(7-8-13(16)17)26-20(28)14-5-1-3-11-4-2-6-15(19(11)14)21(26)29/h1-10H. The molecule has 0 radical (unpaired) electrons. The second-order valence-electron chi connectivity index (χ2n) is 6.81. The van der Waals surface area contributed by atoms with Crippen molar-refractivity contribution in [3.8, 4) is 0 Å². The van der Waals surface area contributed by atoms with Crippen LogP contribution in [0.3, 0.4) is 0 Å². The van der Waals surface area contributed by atoms with Crippen molar-refractivity contribution in [1.82, 2.24) is 0 Å². The first kappa shape index (κ1) is 18.1. The molecular weight excluding hydrogens is 399 g/mol. The average Bonchev–Trinajstić information content (AvgIpc) is 2.70. The number of carbonyl (C=O) groups is 2. The Kier molecular flexibility index (Phi) is 3.64. The number of alkyl halides is 3. The van der Waals surface area contributed by atoms with Crippen LogP contribution in [-0.4, -0.2) is 11.8 Å². The minimum absolute atomic E-state index is 0.00600. The number of halogens is 3. The average molecular weight is 409 g/mol. The van der Waals surface area contributed by atoms with E-state index in [0.717, 1.165) is 22.4 Å². The lowest BCUT2D eigenvalue weighted by atomic mass is 9.93. The third kappa shape index (κ3) is 2.53. The zero-order chi connectivity index (χ0) is 21.2. The van der Waals surface area contributed by atoms with Gasteiger partial charge in [0.05, 0.1) is 11.3 Å². The first-order valence-corrected chi connectivity index (χ1v) is 8.81. The molecule has 8 heteroatoms. The molecule has 0 aliphatic carbocycles. The molecule has 0 saturated heterocycles. The summed E-state index contributed by atoms with van der Waals surface area (Å²) in [6, 6.07) is 13.9. The van der Waals surface area contributed by atoms with Crippen molar-refractivity contribution in [3.63, 3.8) is 0 Å². The number of hydrogen-bond acceptors (Lipinski definition) is 4. The van der Waals surface area contributed by atoms with E-state index in [4.69, 9.17) is 4.42 Å². The van der Waals surface area contributed by atoms with Crippen LogP contribution in [0.15, 0.2) is 69.9 Å². The predicted octanol–water partition coefficient (Wildman–Crippen LogP) is 4.77. The van der Waals surface area contributed by atoms with E-state index < -0.39 is 29.2 Å². The molecule has 1 aliphatic heterocycles. The van der Waals surface area contributed by atoms with Gasteiger partial charge in [-0.2, -0.15) is 13.2 Å². The Morgan fingerprint density at radius 2 is 1.43 bits per heavy atom. The quantitative estimate of drug-likeness (QED) is 0.336. The van der Waals surface area contributed by atoms with Gasteiger partial charge in [0, 0.05) is 34.0 Å². The maximum absolute atomic E-state index is 13.3. The largest absolute Gasteiger partial charge is 0.423 e. The lowest BCUT2D eigenvalue weighted by molar-refractivity contribution is -0.136. The van der Waals surface area contributed by atoms with E-state index in [1.54, 1.807) is 36.4 Å². The van der Waals surface area contributed by atoms with Crippen LogP contribution in [0.2, 0.25) is 0 Å². The number of anilines is 1. The zero-order valence-corrected chi connectivity index (χ0v) is 15.0. The van der Waals surface area contributed by atoms with Gasteiger partial charge in [0.1, 0.15) is 5.58 Å². The van der Waals surface area contributed by atoms with Crippen LogP contribution in [-0.2, 0) is 6.18 Å². The third-order valence-corrected chi connectivity index (χ3v) is 5.06. The molecule has 4 aromatic rings. The van der Waals surface area contributed by atoms with E-state index in [0.29, 0.717) is 22.6 Å². The van der Waals surface area contributed by atoms with Crippen LogP contribution in [0.5, 0.6) is 0 Å². The van der Waals surface area contributed by atoms with Crippen molar-refractivity contribution in [2.24, 2.45) is 0 Å². The second kappa shape index (κ2) is 6.03. The molecule has 1 aromatic heterocycles.